The lowest BCUT2D eigenvalue weighted by Crippen LogP contribution is -2.32. The van der Waals surface area contributed by atoms with Crippen molar-refractivity contribution in [2.24, 2.45) is 0 Å². The molecule has 0 bridgehead atoms. The number of nitrogens with one attached hydrogen (secondary N) is 2. The highest BCUT2D eigenvalue weighted by Gasteiger charge is 2.30. The van der Waals surface area contributed by atoms with Crippen LogP contribution in [-0.2, 0) is 22.4 Å². The Hall–Kier alpha value is -2.63. The van der Waals surface area contributed by atoms with Gasteiger partial charge in [0.25, 0.3) is 0 Å². The zero-order chi connectivity index (χ0) is 19.5. The Morgan fingerprint density at radius 3 is 2.89 bits per heavy atom. The van der Waals surface area contributed by atoms with Gasteiger partial charge in [0.2, 0.25) is 5.91 Å². The number of rotatable bonds is 5. The van der Waals surface area contributed by atoms with Crippen molar-refractivity contribution in [3.05, 3.63) is 44.5 Å². The van der Waals surface area contributed by atoms with Crippen LogP contribution in [-0.4, -0.2) is 24.1 Å². The van der Waals surface area contributed by atoms with Gasteiger partial charge in [0.05, 0.1) is 5.56 Å². The smallest absolute Gasteiger partial charge is 0.407 e. The molecular formula is C20H19N3O3S2. The zero-order valence-corrected chi connectivity index (χ0v) is 16.7. The van der Waals surface area contributed by atoms with Crippen LogP contribution in [0.1, 0.15) is 40.1 Å². The van der Waals surface area contributed by atoms with Gasteiger partial charge in [-0.3, -0.25) is 4.79 Å². The lowest BCUT2D eigenvalue weighted by atomic mass is 9.94. The van der Waals surface area contributed by atoms with Gasteiger partial charge in [-0.2, -0.15) is 5.26 Å². The number of nitriles is 1. The van der Waals surface area contributed by atoms with Crippen molar-refractivity contribution in [2.75, 3.05) is 5.32 Å². The van der Waals surface area contributed by atoms with Crippen LogP contribution in [0, 0.1) is 11.3 Å². The maximum atomic E-state index is 12.2. The molecule has 28 heavy (non-hydrogen) atoms. The SMILES string of the molecule is N#Cc1c(NC(=O)/C=C/c2cccs2)sc2c1CCC(OC(=O)NC1CC1)C2. The quantitative estimate of drug-likeness (QED) is 0.723. The fourth-order valence-electron chi connectivity index (χ4n) is 3.14. The molecule has 2 amide bonds. The molecule has 2 heterocycles. The Kier molecular flexibility index (Phi) is 5.46. The normalized spacial score (nSPS) is 18.3. The van der Waals surface area contributed by atoms with Gasteiger partial charge in [0, 0.05) is 28.3 Å². The molecule has 0 aliphatic heterocycles. The summed E-state index contributed by atoms with van der Waals surface area (Å²) in [6.07, 6.45) is 6.63. The number of amides is 2. The van der Waals surface area contributed by atoms with E-state index in [-0.39, 0.29) is 24.1 Å². The number of hydrogen-bond donors (Lipinski definition) is 2. The van der Waals surface area contributed by atoms with Crippen molar-refractivity contribution in [1.29, 1.82) is 5.26 Å². The van der Waals surface area contributed by atoms with Gasteiger partial charge in [0.1, 0.15) is 17.2 Å². The molecule has 144 valence electrons. The molecule has 0 spiro atoms. The van der Waals surface area contributed by atoms with E-state index in [1.807, 2.05) is 17.5 Å². The lowest BCUT2D eigenvalue weighted by molar-refractivity contribution is -0.111. The van der Waals surface area contributed by atoms with E-state index in [4.69, 9.17) is 4.74 Å². The molecule has 1 atom stereocenters. The Balaban J connectivity index is 1.42. The van der Waals surface area contributed by atoms with Gasteiger partial charge in [-0.25, -0.2) is 4.79 Å². The molecule has 2 aromatic rings. The minimum Gasteiger partial charge on any atom is -0.446 e. The molecule has 4 rings (SSSR count). The highest BCUT2D eigenvalue weighted by atomic mass is 32.1. The van der Waals surface area contributed by atoms with Crippen LogP contribution in [0.5, 0.6) is 0 Å². The number of carbonyl (C=O) groups is 2. The summed E-state index contributed by atoms with van der Waals surface area (Å²) in [5, 5.41) is 17.7. The van der Waals surface area contributed by atoms with Crippen LogP contribution in [0.3, 0.4) is 0 Å². The van der Waals surface area contributed by atoms with Gasteiger partial charge >= 0.3 is 6.09 Å². The molecule has 8 heteroatoms. The van der Waals surface area contributed by atoms with E-state index in [1.54, 1.807) is 17.4 Å². The van der Waals surface area contributed by atoms with E-state index in [0.29, 0.717) is 29.8 Å². The molecule has 6 nitrogen and oxygen atoms in total. The minimum absolute atomic E-state index is 0.196. The minimum atomic E-state index is -0.361. The molecule has 1 unspecified atom stereocenters. The maximum Gasteiger partial charge on any atom is 0.407 e. The predicted octanol–water partition coefficient (Wildman–Crippen LogP) is 4.08. The summed E-state index contributed by atoms with van der Waals surface area (Å²) in [4.78, 5) is 26.1. The molecule has 2 aromatic heterocycles. The molecule has 2 aliphatic rings. The third-order valence-corrected chi connectivity index (χ3v) is 6.69. The Morgan fingerprint density at radius 2 is 2.18 bits per heavy atom. The van der Waals surface area contributed by atoms with Gasteiger partial charge in [-0.15, -0.1) is 22.7 Å². The van der Waals surface area contributed by atoms with Crippen LogP contribution < -0.4 is 10.6 Å². The molecule has 0 saturated heterocycles. The first kappa shape index (κ1) is 18.7. The second-order valence-electron chi connectivity index (χ2n) is 6.85. The fraction of sp³-hybridized carbons (Fsp3) is 0.350. The van der Waals surface area contributed by atoms with E-state index in [9.17, 15) is 14.9 Å². The largest absolute Gasteiger partial charge is 0.446 e. The Labute approximate surface area is 170 Å². The second kappa shape index (κ2) is 8.17. The first-order valence-corrected chi connectivity index (χ1v) is 10.9. The fourth-order valence-corrected chi connectivity index (χ4v) is 5.02. The van der Waals surface area contributed by atoms with E-state index >= 15 is 0 Å². The lowest BCUT2D eigenvalue weighted by Gasteiger charge is -2.22. The number of nitrogens with zero attached hydrogens (tertiary/aromatic N) is 1. The molecule has 1 saturated carbocycles. The summed E-state index contributed by atoms with van der Waals surface area (Å²) in [6, 6.07) is 6.34. The van der Waals surface area contributed by atoms with E-state index in [1.165, 1.54) is 17.4 Å². The van der Waals surface area contributed by atoms with Crippen molar-refractivity contribution in [2.45, 2.75) is 44.2 Å². The third-order valence-electron chi connectivity index (χ3n) is 4.68. The van der Waals surface area contributed by atoms with Gasteiger partial charge in [-0.1, -0.05) is 6.07 Å². The number of carbonyl (C=O) groups excluding carboxylic acids is 2. The molecule has 2 aliphatic carbocycles. The van der Waals surface area contributed by atoms with Gasteiger partial charge in [0.15, 0.2) is 0 Å². The second-order valence-corrected chi connectivity index (χ2v) is 8.93. The summed E-state index contributed by atoms with van der Waals surface area (Å²) in [5.41, 5.74) is 1.49. The van der Waals surface area contributed by atoms with Crippen molar-refractivity contribution < 1.29 is 14.3 Å². The van der Waals surface area contributed by atoms with Crippen LogP contribution >= 0.6 is 22.7 Å². The number of fused-ring (bicyclic) bond motifs is 1. The summed E-state index contributed by atoms with van der Waals surface area (Å²) >= 11 is 2.95. The van der Waals surface area contributed by atoms with Crippen LogP contribution in [0.4, 0.5) is 9.80 Å². The highest BCUT2D eigenvalue weighted by molar-refractivity contribution is 7.16. The van der Waals surface area contributed by atoms with Crippen LogP contribution in [0.25, 0.3) is 6.08 Å². The average Bonchev–Trinajstić information content (AvgIpc) is 3.19. The van der Waals surface area contributed by atoms with Crippen LogP contribution in [0.2, 0.25) is 0 Å². The average molecular weight is 414 g/mol. The molecule has 1 fully saturated rings. The number of anilines is 1. The van der Waals surface area contributed by atoms with E-state index in [0.717, 1.165) is 28.2 Å². The summed E-state index contributed by atoms with van der Waals surface area (Å²) < 4.78 is 5.52. The van der Waals surface area contributed by atoms with Crippen molar-refractivity contribution >= 4 is 45.8 Å². The van der Waals surface area contributed by atoms with E-state index < -0.39 is 0 Å². The first-order chi connectivity index (χ1) is 13.6. The molecule has 0 aromatic carbocycles. The first-order valence-electron chi connectivity index (χ1n) is 9.16. The number of thiophene rings is 2. The van der Waals surface area contributed by atoms with E-state index in [2.05, 4.69) is 16.7 Å². The predicted molar refractivity (Wildman–Crippen MR) is 109 cm³/mol. The number of alkyl carbamates (subject to hydrolysis) is 1. The maximum absolute atomic E-state index is 12.2. The summed E-state index contributed by atoms with van der Waals surface area (Å²) in [6.45, 7) is 0. The molecular weight excluding hydrogens is 394 g/mol. The monoisotopic (exact) mass is 413 g/mol. The standard InChI is InChI=1S/C20H19N3O3S2/c21-11-16-15-7-5-13(26-20(25)22-12-3-4-12)10-17(15)28-19(16)23-18(24)8-6-14-2-1-9-27-14/h1-2,6,8-9,12-13H,3-5,7,10H2,(H,22,25)(H,23,24)/b8-6+. The number of ether oxygens (including phenoxy) is 1. The van der Waals surface area contributed by atoms with Gasteiger partial charge < -0.3 is 15.4 Å². The molecule has 0 radical (unpaired) electrons. The van der Waals surface area contributed by atoms with Crippen molar-refractivity contribution in [3.8, 4) is 6.07 Å². The summed E-state index contributed by atoms with van der Waals surface area (Å²) in [5.74, 6) is -0.264. The Morgan fingerprint density at radius 1 is 1.32 bits per heavy atom. The van der Waals surface area contributed by atoms with Crippen molar-refractivity contribution in [1.82, 2.24) is 5.32 Å². The van der Waals surface area contributed by atoms with Crippen LogP contribution in [0.15, 0.2) is 23.6 Å². The Bertz CT molecular complexity index is 952. The van der Waals surface area contributed by atoms with Gasteiger partial charge in [-0.05, 0) is 48.8 Å². The molecule has 2 N–H and O–H groups in total. The third kappa shape index (κ3) is 4.43. The van der Waals surface area contributed by atoms with Crippen molar-refractivity contribution in [3.63, 3.8) is 0 Å². The highest BCUT2D eigenvalue weighted by Crippen LogP contribution is 2.38. The topological polar surface area (TPSA) is 91.2 Å². The zero-order valence-electron chi connectivity index (χ0n) is 15.1. The number of hydrogen-bond acceptors (Lipinski definition) is 6. The summed E-state index contributed by atoms with van der Waals surface area (Å²) in [7, 11) is 0.